The molecule has 0 saturated heterocycles. The second-order valence-corrected chi connectivity index (χ2v) is 6.33. The first-order chi connectivity index (χ1) is 10.3. The molecule has 3 heteroatoms. The molecule has 1 fully saturated rings. The van der Waals surface area contributed by atoms with E-state index >= 15 is 0 Å². The molecule has 1 N–H and O–H groups in total. The van der Waals surface area contributed by atoms with Crippen molar-refractivity contribution in [2.24, 2.45) is 11.1 Å². The lowest BCUT2D eigenvalue weighted by Crippen LogP contribution is -2.30. The summed E-state index contributed by atoms with van der Waals surface area (Å²) in [6, 6.07) is 6.30. The Hall–Kier alpha value is -1.51. The van der Waals surface area contributed by atoms with E-state index in [-0.39, 0.29) is 0 Å². The fourth-order valence-corrected chi connectivity index (χ4v) is 3.77. The molecular weight excluding hydrogens is 262 g/mol. The molecule has 0 amide bonds. The van der Waals surface area contributed by atoms with E-state index in [1.54, 1.807) is 0 Å². The van der Waals surface area contributed by atoms with E-state index in [0.717, 1.165) is 42.7 Å². The Kier molecular flexibility index (Phi) is 4.47. The van der Waals surface area contributed by atoms with Crippen molar-refractivity contribution in [3.05, 3.63) is 29.3 Å². The Bertz CT molecular complexity index is 524. The highest BCUT2D eigenvalue weighted by atomic mass is 16.5. The van der Waals surface area contributed by atoms with Gasteiger partial charge in [0.25, 0.3) is 0 Å². The lowest BCUT2D eigenvalue weighted by atomic mass is 9.84. The summed E-state index contributed by atoms with van der Waals surface area (Å²) >= 11 is 0. The average molecular weight is 287 g/mol. The number of hydrogen-bond acceptors (Lipinski definition) is 3. The van der Waals surface area contributed by atoms with E-state index < -0.39 is 0 Å². The SMILES string of the molecule is CCC1CCCCC1Oc1ccc2c(c1)/C(=N\O)CCC2. The van der Waals surface area contributed by atoms with E-state index in [1.807, 2.05) is 0 Å². The lowest BCUT2D eigenvalue weighted by molar-refractivity contribution is 0.0903. The Labute approximate surface area is 127 Å². The third kappa shape index (κ3) is 3.07. The molecule has 0 spiro atoms. The summed E-state index contributed by atoms with van der Waals surface area (Å²) in [6.07, 6.45) is 9.58. The van der Waals surface area contributed by atoms with Gasteiger partial charge < -0.3 is 9.94 Å². The van der Waals surface area contributed by atoms with Crippen LogP contribution in [0.4, 0.5) is 0 Å². The highest BCUT2D eigenvalue weighted by Gasteiger charge is 2.26. The van der Waals surface area contributed by atoms with E-state index in [2.05, 4.69) is 30.3 Å². The van der Waals surface area contributed by atoms with Crippen LogP contribution in [0.5, 0.6) is 5.75 Å². The van der Waals surface area contributed by atoms with Crippen LogP contribution in [0.25, 0.3) is 0 Å². The molecule has 2 atom stereocenters. The van der Waals surface area contributed by atoms with Gasteiger partial charge in [0, 0.05) is 5.56 Å². The molecule has 0 aromatic heterocycles. The predicted molar refractivity (Wildman–Crippen MR) is 84.4 cm³/mol. The molecule has 2 aliphatic rings. The van der Waals surface area contributed by atoms with Crippen LogP contribution in [-0.2, 0) is 6.42 Å². The summed E-state index contributed by atoms with van der Waals surface area (Å²) in [4.78, 5) is 0. The van der Waals surface area contributed by atoms with Crippen LogP contribution < -0.4 is 4.74 Å². The number of nitrogens with zero attached hydrogens (tertiary/aromatic N) is 1. The van der Waals surface area contributed by atoms with Crippen LogP contribution in [0.3, 0.4) is 0 Å². The van der Waals surface area contributed by atoms with Crippen molar-refractivity contribution < 1.29 is 9.94 Å². The van der Waals surface area contributed by atoms with Crippen LogP contribution in [0, 0.1) is 5.92 Å². The average Bonchev–Trinajstić information content (AvgIpc) is 2.54. The van der Waals surface area contributed by atoms with Crippen LogP contribution in [0.2, 0.25) is 0 Å². The van der Waals surface area contributed by atoms with Crippen molar-refractivity contribution in [3.8, 4) is 5.75 Å². The molecule has 0 radical (unpaired) electrons. The van der Waals surface area contributed by atoms with Gasteiger partial charge in [-0.25, -0.2) is 0 Å². The first-order valence-corrected chi connectivity index (χ1v) is 8.32. The molecule has 0 heterocycles. The van der Waals surface area contributed by atoms with E-state index in [0.29, 0.717) is 12.0 Å². The molecule has 21 heavy (non-hydrogen) atoms. The van der Waals surface area contributed by atoms with Gasteiger partial charge in [0.2, 0.25) is 0 Å². The highest BCUT2D eigenvalue weighted by Crippen LogP contribution is 2.32. The van der Waals surface area contributed by atoms with Crippen LogP contribution in [-0.4, -0.2) is 17.0 Å². The van der Waals surface area contributed by atoms with Crippen molar-refractivity contribution in [1.29, 1.82) is 0 Å². The van der Waals surface area contributed by atoms with Crippen LogP contribution >= 0.6 is 0 Å². The number of fused-ring (bicyclic) bond motifs is 1. The number of aryl methyl sites for hydroxylation is 1. The molecule has 114 valence electrons. The van der Waals surface area contributed by atoms with Gasteiger partial charge in [-0.2, -0.15) is 0 Å². The third-order valence-electron chi connectivity index (χ3n) is 5.02. The molecule has 1 aromatic rings. The number of benzene rings is 1. The second kappa shape index (κ2) is 6.50. The first kappa shape index (κ1) is 14.4. The highest BCUT2D eigenvalue weighted by molar-refractivity contribution is 6.02. The minimum absolute atomic E-state index is 0.347. The van der Waals surface area contributed by atoms with Crippen molar-refractivity contribution in [2.75, 3.05) is 0 Å². The quantitative estimate of drug-likeness (QED) is 0.654. The van der Waals surface area contributed by atoms with E-state index in [4.69, 9.17) is 4.74 Å². The summed E-state index contributed by atoms with van der Waals surface area (Å²) in [6.45, 7) is 2.26. The minimum Gasteiger partial charge on any atom is -0.490 e. The zero-order valence-corrected chi connectivity index (χ0v) is 12.8. The van der Waals surface area contributed by atoms with Crippen molar-refractivity contribution in [2.45, 2.75) is 64.4 Å². The largest absolute Gasteiger partial charge is 0.490 e. The summed E-state index contributed by atoms with van der Waals surface area (Å²) < 4.78 is 6.28. The standard InChI is InChI=1S/C18H25NO2/c1-2-13-6-3-4-9-18(13)21-15-11-10-14-7-5-8-17(19-20)16(14)12-15/h10-13,18,20H,2-9H2,1H3/b19-17-. The molecule has 0 aliphatic heterocycles. The minimum atomic E-state index is 0.347. The zero-order valence-electron chi connectivity index (χ0n) is 12.8. The second-order valence-electron chi connectivity index (χ2n) is 6.33. The Morgan fingerprint density at radius 2 is 2.05 bits per heavy atom. The molecule has 2 aliphatic carbocycles. The molecule has 0 bridgehead atoms. The predicted octanol–water partition coefficient (Wildman–Crippen LogP) is 4.55. The zero-order chi connectivity index (χ0) is 14.7. The summed E-state index contributed by atoms with van der Waals surface area (Å²) in [5.74, 6) is 1.61. The molecule has 3 nitrogen and oxygen atoms in total. The molecule has 1 aromatic carbocycles. The molecular formula is C18H25NO2. The maximum Gasteiger partial charge on any atom is 0.120 e. The maximum absolute atomic E-state index is 9.18. The molecule has 1 saturated carbocycles. The maximum atomic E-state index is 9.18. The lowest BCUT2D eigenvalue weighted by Gasteiger charge is -2.31. The van der Waals surface area contributed by atoms with Crippen LogP contribution in [0.15, 0.2) is 23.4 Å². The van der Waals surface area contributed by atoms with E-state index in [1.165, 1.54) is 31.2 Å². The van der Waals surface area contributed by atoms with Gasteiger partial charge in [0.15, 0.2) is 0 Å². The number of rotatable bonds is 3. The number of oxime groups is 1. The molecule has 3 rings (SSSR count). The van der Waals surface area contributed by atoms with Gasteiger partial charge in [-0.1, -0.05) is 24.6 Å². The van der Waals surface area contributed by atoms with Crippen molar-refractivity contribution in [1.82, 2.24) is 0 Å². The number of hydrogen-bond donors (Lipinski definition) is 1. The first-order valence-electron chi connectivity index (χ1n) is 8.32. The normalized spacial score (nSPS) is 27.4. The van der Waals surface area contributed by atoms with Crippen molar-refractivity contribution >= 4 is 5.71 Å². The Morgan fingerprint density at radius 1 is 1.19 bits per heavy atom. The van der Waals surface area contributed by atoms with Gasteiger partial charge in [-0.3, -0.25) is 0 Å². The van der Waals surface area contributed by atoms with Gasteiger partial charge in [-0.15, -0.1) is 0 Å². The fourth-order valence-electron chi connectivity index (χ4n) is 3.77. The number of ether oxygens (including phenoxy) is 1. The van der Waals surface area contributed by atoms with Gasteiger partial charge >= 0.3 is 0 Å². The smallest absolute Gasteiger partial charge is 0.120 e. The van der Waals surface area contributed by atoms with Gasteiger partial charge in [0.1, 0.15) is 11.9 Å². The van der Waals surface area contributed by atoms with Crippen molar-refractivity contribution in [3.63, 3.8) is 0 Å². The van der Waals surface area contributed by atoms with E-state index in [9.17, 15) is 5.21 Å². The third-order valence-corrected chi connectivity index (χ3v) is 5.02. The monoisotopic (exact) mass is 287 g/mol. The topological polar surface area (TPSA) is 41.8 Å². The summed E-state index contributed by atoms with van der Waals surface area (Å²) in [5.41, 5.74) is 3.15. The summed E-state index contributed by atoms with van der Waals surface area (Å²) in [5, 5.41) is 12.6. The van der Waals surface area contributed by atoms with Crippen LogP contribution in [0.1, 0.15) is 63.0 Å². The fraction of sp³-hybridized carbons (Fsp3) is 0.611. The Balaban J connectivity index is 1.80. The van der Waals surface area contributed by atoms with Gasteiger partial charge in [-0.05, 0) is 68.6 Å². The Morgan fingerprint density at radius 3 is 2.86 bits per heavy atom. The van der Waals surface area contributed by atoms with Gasteiger partial charge in [0.05, 0.1) is 5.71 Å². The molecule has 2 unspecified atom stereocenters. The summed E-state index contributed by atoms with van der Waals surface area (Å²) in [7, 11) is 0.